The molecule has 2 aromatic heterocycles. The number of aromatic nitrogens is 4. The van der Waals surface area contributed by atoms with Crippen molar-refractivity contribution in [2.24, 2.45) is 0 Å². The van der Waals surface area contributed by atoms with E-state index in [1.165, 1.54) is 32.7 Å². The molecule has 4 heteroatoms. The maximum Gasteiger partial charge on any atom is 0.164 e. The van der Waals surface area contributed by atoms with Crippen molar-refractivity contribution in [3.63, 3.8) is 0 Å². The van der Waals surface area contributed by atoms with Gasteiger partial charge in [-0.25, -0.2) is 15.0 Å². The third-order valence-corrected chi connectivity index (χ3v) is 12.2. The Morgan fingerprint density at radius 2 is 0.635 bits per heavy atom. The SMILES string of the molecule is c1ccc(-c2cccc(-c3nc(-c4cc(-c5ccc6ccccc6c5)cc(-n5c6ccccc6c6ccccc65)c4)nc(-c4ccc5cc(-c6ccccc6)ccc5c4)n3)c2)cc1. The average Bonchev–Trinajstić information content (AvgIpc) is 3.70. The average molecular weight is 803 g/mol. The molecule has 294 valence electrons. The second kappa shape index (κ2) is 15.2. The number of nitrogens with zero attached hydrogens (tertiary/aromatic N) is 4. The van der Waals surface area contributed by atoms with E-state index in [1.54, 1.807) is 0 Å². The highest BCUT2D eigenvalue weighted by molar-refractivity contribution is 6.09. The molecule has 0 saturated heterocycles. The lowest BCUT2D eigenvalue weighted by molar-refractivity contribution is 1.07. The molecule has 0 aliphatic carbocycles. The molecule has 63 heavy (non-hydrogen) atoms. The minimum Gasteiger partial charge on any atom is -0.309 e. The molecule has 0 amide bonds. The molecule has 0 aliphatic rings. The van der Waals surface area contributed by atoms with Crippen molar-refractivity contribution in [3.8, 4) is 73.2 Å². The maximum absolute atomic E-state index is 5.35. The van der Waals surface area contributed by atoms with Gasteiger partial charge in [0, 0.05) is 33.2 Å². The van der Waals surface area contributed by atoms with Crippen molar-refractivity contribution < 1.29 is 0 Å². The molecule has 0 atom stereocenters. The number of hydrogen-bond acceptors (Lipinski definition) is 3. The molecule has 0 saturated carbocycles. The number of rotatable bonds is 7. The first kappa shape index (κ1) is 36.4. The van der Waals surface area contributed by atoms with Gasteiger partial charge in [-0.2, -0.15) is 0 Å². The fourth-order valence-corrected chi connectivity index (χ4v) is 9.03. The van der Waals surface area contributed by atoms with Crippen molar-refractivity contribution in [3.05, 3.63) is 231 Å². The van der Waals surface area contributed by atoms with Crippen LogP contribution in [0.2, 0.25) is 0 Å². The number of para-hydroxylation sites is 2. The zero-order valence-corrected chi connectivity index (χ0v) is 34.2. The lowest BCUT2D eigenvalue weighted by Crippen LogP contribution is -2.02. The Bertz CT molecular complexity index is 3630. The van der Waals surface area contributed by atoms with Gasteiger partial charge in [-0.15, -0.1) is 0 Å². The van der Waals surface area contributed by atoms with Crippen LogP contribution in [0, 0.1) is 0 Å². The van der Waals surface area contributed by atoms with E-state index >= 15 is 0 Å². The van der Waals surface area contributed by atoms with Crippen LogP contribution in [0.1, 0.15) is 0 Å². The lowest BCUT2D eigenvalue weighted by Gasteiger charge is -2.15. The Hall–Kier alpha value is -8.47. The van der Waals surface area contributed by atoms with Gasteiger partial charge in [0.15, 0.2) is 17.5 Å². The van der Waals surface area contributed by atoms with E-state index in [1.807, 2.05) is 6.07 Å². The molecule has 0 N–H and O–H groups in total. The molecule has 0 spiro atoms. The Labute approximate surface area is 365 Å². The van der Waals surface area contributed by atoms with Gasteiger partial charge in [0.25, 0.3) is 0 Å². The zero-order valence-electron chi connectivity index (χ0n) is 34.2. The monoisotopic (exact) mass is 802 g/mol. The van der Waals surface area contributed by atoms with Crippen LogP contribution in [0.5, 0.6) is 0 Å². The predicted molar refractivity (Wildman–Crippen MR) is 262 cm³/mol. The largest absolute Gasteiger partial charge is 0.309 e. The van der Waals surface area contributed by atoms with Gasteiger partial charge in [0.05, 0.1) is 11.0 Å². The summed E-state index contributed by atoms with van der Waals surface area (Å²) < 4.78 is 2.37. The number of hydrogen-bond donors (Lipinski definition) is 0. The summed E-state index contributed by atoms with van der Waals surface area (Å²) in [5, 5.41) is 7.09. The fraction of sp³-hybridized carbons (Fsp3) is 0. The third-order valence-electron chi connectivity index (χ3n) is 12.2. The van der Waals surface area contributed by atoms with Crippen LogP contribution < -0.4 is 0 Å². The van der Waals surface area contributed by atoms with Crippen LogP contribution >= 0.6 is 0 Å². The van der Waals surface area contributed by atoms with E-state index in [2.05, 4.69) is 229 Å². The summed E-state index contributed by atoms with van der Waals surface area (Å²) in [7, 11) is 0. The Kier molecular flexibility index (Phi) is 8.79. The van der Waals surface area contributed by atoms with Gasteiger partial charge in [-0.3, -0.25) is 0 Å². The number of fused-ring (bicyclic) bond motifs is 5. The topological polar surface area (TPSA) is 43.6 Å². The quantitative estimate of drug-likeness (QED) is 0.161. The van der Waals surface area contributed by atoms with Crippen LogP contribution in [-0.2, 0) is 0 Å². The van der Waals surface area contributed by atoms with Crippen molar-refractivity contribution in [2.45, 2.75) is 0 Å². The van der Waals surface area contributed by atoms with E-state index in [9.17, 15) is 0 Å². The van der Waals surface area contributed by atoms with Crippen molar-refractivity contribution in [1.82, 2.24) is 19.5 Å². The summed E-state index contributed by atoms with van der Waals surface area (Å²) in [5.74, 6) is 1.83. The summed E-state index contributed by atoms with van der Waals surface area (Å²) in [6.45, 7) is 0. The molecule has 12 aromatic rings. The molecular weight excluding hydrogens is 765 g/mol. The van der Waals surface area contributed by atoms with Gasteiger partial charge in [-0.1, -0.05) is 176 Å². The Balaban J connectivity index is 1.08. The summed E-state index contributed by atoms with van der Waals surface area (Å²) in [4.78, 5) is 15.9. The summed E-state index contributed by atoms with van der Waals surface area (Å²) in [5.41, 5.74) is 12.9. The van der Waals surface area contributed by atoms with Gasteiger partial charge < -0.3 is 4.57 Å². The van der Waals surface area contributed by atoms with Crippen molar-refractivity contribution >= 4 is 43.4 Å². The van der Waals surface area contributed by atoms with Crippen LogP contribution in [0.4, 0.5) is 0 Å². The van der Waals surface area contributed by atoms with E-state index in [0.29, 0.717) is 17.5 Å². The smallest absolute Gasteiger partial charge is 0.164 e. The fourth-order valence-electron chi connectivity index (χ4n) is 9.03. The molecule has 0 unspecified atom stereocenters. The zero-order chi connectivity index (χ0) is 41.7. The summed E-state index contributed by atoms with van der Waals surface area (Å²) in [6.07, 6.45) is 0. The second-order valence-electron chi connectivity index (χ2n) is 16.1. The highest BCUT2D eigenvalue weighted by atomic mass is 15.0. The van der Waals surface area contributed by atoms with E-state index in [-0.39, 0.29) is 0 Å². The molecule has 10 aromatic carbocycles. The minimum atomic E-state index is 0.601. The molecule has 0 radical (unpaired) electrons. The second-order valence-corrected chi connectivity index (χ2v) is 16.1. The van der Waals surface area contributed by atoms with Gasteiger partial charge >= 0.3 is 0 Å². The maximum atomic E-state index is 5.35. The van der Waals surface area contributed by atoms with Crippen molar-refractivity contribution in [1.29, 1.82) is 0 Å². The minimum absolute atomic E-state index is 0.601. The van der Waals surface area contributed by atoms with E-state index < -0.39 is 0 Å². The van der Waals surface area contributed by atoms with Gasteiger partial charge in [0.1, 0.15) is 0 Å². The molecule has 12 rings (SSSR count). The normalized spacial score (nSPS) is 11.5. The van der Waals surface area contributed by atoms with Crippen LogP contribution in [0.15, 0.2) is 231 Å². The summed E-state index contributed by atoms with van der Waals surface area (Å²) >= 11 is 0. The molecular formula is C59H38N4. The Morgan fingerprint density at radius 1 is 0.238 bits per heavy atom. The lowest BCUT2D eigenvalue weighted by atomic mass is 9.98. The molecule has 0 fully saturated rings. The van der Waals surface area contributed by atoms with Gasteiger partial charge in [-0.05, 0) is 110 Å². The standard InChI is InChI=1S/C59H38N4/c1-3-14-39(15-4-1)43-20-13-21-48(34-43)57-60-58(49-31-30-45-33-44(28-29-46(45)35-49)40-16-5-2-6-17-40)62-59(61-57)51-36-50(47-27-26-41-18-7-8-19-42(41)32-47)37-52(38-51)63-55-24-11-9-22-53(55)54-23-10-12-25-56(54)63/h1-38H. The van der Waals surface area contributed by atoms with Crippen LogP contribution in [-0.4, -0.2) is 19.5 Å². The molecule has 0 bridgehead atoms. The highest BCUT2D eigenvalue weighted by Crippen LogP contribution is 2.38. The molecule has 2 heterocycles. The van der Waals surface area contributed by atoms with E-state index in [0.717, 1.165) is 66.4 Å². The summed E-state index contributed by atoms with van der Waals surface area (Å²) in [6, 6.07) is 81.9. The first-order chi connectivity index (χ1) is 31.2. The van der Waals surface area contributed by atoms with E-state index in [4.69, 9.17) is 15.0 Å². The molecule has 0 aliphatic heterocycles. The highest BCUT2D eigenvalue weighted by Gasteiger charge is 2.18. The van der Waals surface area contributed by atoms with Crippen LogP contribution in [0.3, 0.4) is 0 Å². The van der Waals surface area contributed by atoms with Gasteiger partial charge in [0.2, 0.25) is 0 Å². The first-order valence-corrected chi connectivity index (χ1v) is 21.3. The molecule has 4 nitrogen and oxygen atoms in total. The first-order valence-electron chi connectivity index (χ1n) is 21.3. The van der Waals surface area contributed by atoms with Crippen LogP contribution in [0.25, 0.3) is 117 Å². The van der Waals surface area contributed by atoms with Crippen molar-refractivity contribution in [2.75, 3.05) is 0 Å². The third kappa shape index (κ3) is 6.71. The predicted octanol–water partition coefficient (Wildman–Crippen LogP) is 15.3. The Morgan fingerprint density at radius 3 is 1.29 bits per heavy atom. The number of benzene rings is 10.